The molecule has 0 saturated carbocycles. The summed E-state index contributed by atoms with van der Waals surface area (Å²) in [4.78, 5) is 24.7. The van der Waals surface area contributed by atoms with E-state index >= 15 is 0 Å². The van der Waals surface area contributed by atoms with Gasteiger partial charge in [0.1, 0.15) is 0 Å². The first-order chi connectivity index (χ1) is 7.70. The van der Waals surface area contributed by atoms with Gasteiger partial charge >= 0.3 is 5.69 Å². The first-order valence-electron chi connectivity index (χ1n) is 5.38. The lowest BCUT2D eigenvalue weighted by atomic mass is 10.2. The SMILES string of the molecule is CC[C@@H]1CNCC(n2ccc(=O)[nH]c2=O)O1. The lowest BCUT2D eigenvalue weighted by Gasteiger charge is -2.31. The van der Waals surface area contributed by atoms with Crippen molar-refractivity contribution in [3.8, 4) is 0 Å². The first-order valence-corrected chi connectivity index (χ1v) is 5.38. The van der Waals surface area contributed by atoms with Gasteiger partial charge in [0.05, 0.1) is 6.10 Å². The van der Waals surface area contributed by atoms with Crippen molar-refractivity contribution in [3.05, 3.63) is 33.1 Å². The van der Waals surface area contributed by atoms with Gasteiger partial charge in [-0.2, -0.15) is 0 Å². The number of aromatic amines is 1. The molecule has 0 aromatic carbocycles. The summed E-state index contributed by atoms with van der Waals surface area (Å²) in [7, 11) is 0. The Bertz CT molecular complexity index is 465. The summed E-state index contributed by atoms with van der Waals surface area (Å²) in [5.74, 6) is 0. The lowest BCUT2D eigenvalue weighted by Crippen LogP contribution is -2.45. The highest BCUT2D eigenvalue weighted by molar-refractivity contribution is 4.85. The molecule has 2 rings (SSSR count). The Balaban J connectivity index is 2.23. The van der Waals surface area contributed by atoms with E-state index in [0.29, 0.717) is 6.54 Å². The van der Waals surface area contributed by atoms with Gasteiger partial charge in [-0.05, 0) is 6.42 Å². The van der Waals surface area contributed by atoms with Gasteiger partial charge in [0.2, 0.25) is 0 Å². The zero-order valence-corrected chi connectivity index (χ0v) is 9.10. The van der Waals surface area contributed by atoms with Crippen LogP contribution < -0.4 is 16.6 Å². The molecule has 2 N–H and O–H groups in total. The van der Waals surface area contributed by atoms with E-state index in [0.717, 1.165) is 13.0 Å². The Morgan fingerprint density at radius 1 is 1.50 bits per heavy atom. The zero-order chi connectivity index (χ0) is 11.5. The van der Waals surface area contributed by atoms with Gasteiger partial charge in [-0.15, -0.1) is 0 Å². The van der Waals surface area contributed by atoms with E-state index in [1.165, 1.54) is 16.8 Å². The fourth-order valence-corrected chi connectivity index (χ4v) is 1.74. The van der Waals surface area contributed by atoms with Crippen LogP contribution in [0.2, 0.25) is 0 Å². The number of morpholine rings is 1. The largest absolute Gasteiger partial charge is 0.352 e. The van der Waals surface area contributed by atoms with E-state index in [1.807, 2.05) is 6.92 Å². The van der Waals surface area contributed by atoms with Crippen molar-refractivity contribution in [1.29, 1.82) is 0 Å². The number of hydrogen-bond acceptors (Lipinski definition) is 4. The number of H-pyrrole nitrogens is 1. The smallest absolute Gasteiger partial charge is 0.330 e. The summed E-state index contributed by atoms with van der Waals surface area (Å²) < 4.78 is 7.12. The van der Waals surface area contributed by atoms with E-state index in [1.54, 1.807) is 0 Å². The molecule has 1 aliphatic rings. The molecule has 0 amide bonds. The maximum Gasteiger partial charge on any atom is 0.330 e. The molecular weight excluding hydrogens is 210 g/mol. The van der Waals surface area contributed by atoms with Gasteiger partial charge in [-0.3, -0.25) is 14.3 Å². The van der Waals surface area contributed by atoms with Crippen molar-refractivity contribution < 1.29 is 4.74 Å². The maximum absolute atomic E-state index is 11.5. The van der Waals surface area contributed by atoms with Gasteiger partial charge in [-0.25, -0.2) is 4.79 Å². The summed E-state index contributed by atoms with van der Waals surface area (Å²) in [6, 6.07) is 1.32. The monoisotopic (exact) mass is 225 g/mol. The van der Waals surface area contributed by atoms with Crippen molar-refractivity contribution in [1.82, 2.24) is 14.9 Å². The Hall–Kier alpha value is -1.40. The molecule has 1 aliphatic heterocycles. The Kier molecular flexibility index (Phi) is 3.21. The molecule has 1 aromatic rings. The predicted octanol–water partition coefficient (Wildman–Crippen LogP) is -0.566. The topological polar surface area (TPSA) is 76.1 Å². The molecule has 2 atom stereocenters. The van der Waals surface area contributed by atoms with Crippen LogP contribution in [0.15, 0.2) is 21.9 Å². The van der Waals surface area contributed by atoms with Crippen LogP contribution in [0.3, 0.4) is 0 Å². The number of nitrogens with zero attached hydrogens (tertiary/aromatic N) is 1. The van der Waals surface area contributed by atoms with E-state index in [9.17, 15) is 9.59 Å². The van der Waals surface area contributed by atoms with Crippen LogP contribution in [0.1, 0.15) is 19.6 Å². The molecule has 0 bridgehead atoms. The third-order valence-corrected chi connectivity index (χ3v) is 2.66. The van der Waals surface area contributed by atoms with Gasteiger partial charge in [0, 0.05) is 25.4 Å². The van der Waals surface area contributed by atoms with Crippen LogP contribution in [0.5, 0.6) is 0 Å². The Morgan fingerprint density at radius 2 is 2.31 bits per heavy atom. The highest BCUT2D eigenvalue weighted by atomic mass is 16.5. The molecule has 1 saturated heterocycles. The summed E-state index contributed by atoms with van der Waals surface area (Å²) in [6.45, 7) is 3.40. The molecule has 2 heterocycles. The normalized spacial score (nSPS) is 25.6. The molecule has 1 fully saturated rings. The standard InChI is InChI=1S/C10H15N3O3/c1-2-7-5-11-6-9(16-7)13-4-3-8(14)12-10(13)15/h3-4,7,9,11H,2,5-6H2,1H3,(H,12,14,15)/t7-,9?/m1/s1. The Morgan fingerprint density at radius 3 is 3.00 bits per heavy atom. The van der Waals surface area contributed by atoms with E-state index in [2.05, 4.69) is 10.3 Å². The van der Waals surface area contributed by atoms with Crippen LogP contribution in [0.4, 0.5) is 0 Å². The minimum Gasteiger partial charge on any atom is -0.352 e. The third-order valence-electron chi connectivity index (χ3n) is 2.66. The van der Waals surface area contributed by atoms with Crippen molar-refractivity contribution in [3.63, 3.8) is 0 Å². The van der Waals surface area contributed by atoms with Crippen molar-refractivity contribution in [2.24, 2.45) is 0 Å². The zero-order valence-electron chi connectivity index (χ0n) is 9.10. The minimum absolute atomic E-state index is 0.109. The van der Waals surface area contributed by atoms with E-state index < -0.39 is 11.2 Å². The van der Waals surface area contributed by atoms with Crippen LogP contribution in [0.25, 0.3) is 0 Å². The van der Waals surface area contributed by atoms with Crippen molar-refractivity contribution in [2.45, 2.75) is 25.7 Å². The van der Waals surface area contributed by atoms with E-state index in [4.69, 9.17) is 4.74 Å². The first kappa shape index (κ1) is 11.1. The molecule has 0 spiro atoms. The highest BCUT2D eigenvalue weighted by Gasteiger charge is 2.22. The summed E-state index contributed by atoms with van der Waals surface area (Å²) in [5, 5.41) is 3.20. The molecular formula is C10H15N3O3. The van der Waals surface area contributed by atoms with Crippen LogP contribution in [0, 0.1) is 0 Å². The van der Waals surface area contributed by atoms with Gasteiger partial charge in [0.15, 0.2) is 6.23 Å². The molecule has 16 heavy (non-hydrogen) atoms. The van der Waals surface area contributed by atoms with Crippen LogP contribution >= 0.6 is 0 Å². The molecule has 1 unspecified atom stereocenters. The second-order valence-corrected chi connectivity index (χ2v) is 3.80. The average molecular weight is 225 g/mol. The summed E-state index contributed by atoms with van der Waals surface area (Å²) in [5.41, 5.74) is -0.826. The van der Waals surface area contributed by atoms with Gasteiger partial charge < -0.3 is 10.1 Å². The number of hydrogen-bond donors (Lipinski definition) is 2. The molecule has 1 aromatic heterocycles. The lowest BCUT2D eigenvalue weighted by molar-refractivity contribution is -0.0799. The van der Waals surface area contributed by atoms with Gasteiger partial charge in [0.25, 0.3) is 5.56 Å². The van der Waals surface area contributed by atoms with Crippen molar-refractivity contribution >= 4 is 0 Å². The minimum atomic E-state index is -0.434. The molecule has 6 nitrogen and oxygen atoms in total. The maximum atomic E-state index is 11.5. The predicted molar refractivity (Wildman–Crippen MR) is 58.4 cm³/mol. The second kappa shape index (κ2) is 4.63. The fourth-order valence-electron chi connectivity index (χ4n) is 1.74. The number of aromatic nitrogens is 2. The molecule has 0 aliphatic carbocycles. The molecule has 88 valence electrons. The second-order valence-electron chi connectivity index (χ2n) is 3.80. The highest BCUT2D eigenvalue weighted by Crippen LogP contribution is 2.13. The summed E-state index contributed by atoms with van der Waals surface area (Å²) in [6.07, 6.45) is 2.12. The van der Waals surface area contributed by atoms with Crippen LogP contribution in [-0.2, 0) is 4.74 Å². The van der Waals surface area contributed by atoms with Crippen LogP contribution in [-0.4, -0.2) is 28.7 Å². The average Bonchev–Trinajstić information content (AvgIpc) is 2.29. The fraction of sp³-hybridized carbons (Fsp3) is 0.600. The summed E-state index contributed by atoms with van der Waals surface area (Å²) >= 11 is 0. The number of rotatable bonds is 2. The molecule has 6 heteroatoms. The third kappa shape index (κ3) is 2.23. The molecule has 0 radical (unpaired) electrons. The number of ether oxygens (including phenoxy) is 1. The van der Waals surface area contributed by atoms with Crippen molar-refractivity contribution in [2.75, 3.05) is 13.1 Å². The Labute approximate surface area is 92.3 Å². The van der Waals surface area contributed by atoms with Gasteiger partial charge in [-0.1, -0.05) is 6.92 Å². The quantitative estimate of drug-likeness (QED) is 0.707. The number of nitrogens with one attached hydrogen (secondary N) is 2. The van der Waals surface area contributed by atoms with E-state index in [-0.39, 0.29) is 12.3 Å².